The number of rotatable bonds is 67. The van der Waals surface area contributed by atoms with Crippen LogP contribution in [0.5, 0.6) is 0 Å². The molecule has 0 aliphatic rings. The highest BCUT2D eigenvalue weighted by atomic mass is 16.5. The van der Waals surface area contributed by atoms with Crippen molar-refractivity contribution in [1.29, 1.82) is 0 Å². The van der Waals surface area contributed by atoms with Crippen molar-refractivity contribution < 1.29 is 24.5 Å². The van der Waals surface area contributed by atoms with Gasteiger partial charge in [-0.05, 0) is 64.2 Å². The van der Waals surface area contributed by atoms with Crippen LogP contribution in [0.15, 0.2) is 36.5 Å². The van der Waals surface area contributed by atoms with E-state index in [4.69, 9.17) is 4.74 Å². The maximum absolute atomic E-state index is 12.5. The predicted octanol–water partition coefficient (Wildman–Crippen LogP) is 23.1. The third-order valence-corrected chi connectivity index (χ3v) is 16.7. The lowest BCUT2D eigenvalue weighted by atomic mass is 10.0. The van der Waals surface area contributed by atoms with Gasteiger partial charge in [0.25, 0.3) is 0 Å². The van der Waals surface area contributed by atoms with E-state index in [1.807, 2.05) is 6.08 Å². The van der Waals surface area contributed by atoms with Gasteiger partial charge in [0, 0.05) is 12.8 Å². The average molecular weight is 1110 g/mol. The number of hydrogen-bond donors (Lipinski definition) is 3. The van der Waals surface area contributed by atoms with Crippen molar-refractivity contribution in [3.8, 4) is 0 Å². The lowest BCUT2D eigenvalue weighted by Gasteiger charge is -2.20. The molecule has 79 heavy (non-hydrogen) atoms. The van der Waals surface area contributed by atoms with Crippen molar-refractivity contribution in [1.82, 2.24) is 5.32 Å². The van der Waals surface area contributed by atoms with Gasteiger partial charge < -0.3 is 20.3 Å². The van der Waals surface area contributed by atoms with E-state index in [-0.39, 0.29) is 18.5 Å². The lowest BCUT2D eigenvalue weighted by molar-refractivity contribution is -0.143. The van der Waals surface area contributed by atoms with Gasteiger partial charge in [-0.2, -0.15) is 0 Å². The summed E-state index contributed by atoms with van der Waals surface area (Å²) in [7, 11) is 0. The predicted molar refractivity (Wildman–Crippen MR) is 347 cm³/mol. The number of nitrogens with one attached hydrogen (secondary N) is 1. The first-order valence-corrected chi connectivity index (χ1v) is 35.8. The Hall–Kier alpha value is -1.92. The summed E-state index contributed by atoms with van der Waals surface area (Å²) in [6, 6.07) is -0.626. The van der Waals surface area contributed by atoms with Crippen LogP contribution in [-0.2, 0) is 14.3 Å². The fourth-order valence-electron chi connectivity index (χ4n) is 11.2. The molecule has 466 valence electrons. The van der Waals surface area contributed by atoms with E-state index in [9.17, 15) is 19.8 Å². The fourth-order valence-corrected chi connectivity index (χ4v) is 11.2. The van der Waals surface area contributed by atoms with Crippen molar-refractivity contribution in [2.45, 2.75) is 405 Å². The average Bonchev–Trinajstić information content (AvgIpc) is 3.45. The van der Waals surface area contributed by atoms with Crippen LogP contribution >= 0.6 is 0 Å². The van der Waals surface area contributed by atoms with Crippen molar-refractivity contribution in [2.75, 3.05) is 13.2 Å². The minimum atomic E-state index is -0.843. The van der Waals surface area contributed by atoms with E-state index in [0.717, 1.165) is 44.9 Å². The number of aliphatic hydroxyl groups excluding tert-OH is 2. The second kappa shape index (κ2) is 68.6. The second-order valence-electron chi connectivity index (χ2n) is 24.6. The molecule has 0 heterocycles. The highest BCUT2D eigenvalue weighted by molar-refractivity contribution is 5.76. The van der Waals surface area contributed by atoms with E-state index in [1.165, 1.54) is 321 Å². The summed E-state index contributed by atoms with van der Waals surface area (Å²) in [6.45, 7) is 4.93. The smallest absolute Gasteiger partial charge is 0.305 e. The third kappa shape index (κ3) is 65.1. The largest absolute Gasteiger partial charge is 0.466 e. The molecule has 0 aromatic carbocycles. The van der Waals surface area contributed by atoms with Gasteiger partial charge in [0.15, 0.2) is 0 Å². The molecule has 0 bridgehead atoms. The molecular weight excluding hydrogens is 971 g/mol. The van der Waals surface area contributed by atoms with Crippen molar-refractivity contribution >= 4 is 11.9 Å². The maximum atomic E-state index is 12.5. The molecule has 0 spiro atoms. The highest BCUT2D eigenvalue weighted by Crippen LogP contribution is 2.18. The first-order chi connectivity index (χ1) is 39.0. The van der Waals surface area contributed by atoms with Crippen molar-refractivity contribution in [3.63, 3.8) is 0 Å². The van der Waals surface area contributed by atoms with Gasteiger partial charge in [-0.1, -0.05) is 352 Å². The first kappa shape index (κ1) is 77.1. The van der Waals surface area contributed by atoms with Crippen LogP contribution < -0.4 is 5.32 Å². The molecule has 0 aliphatic heterocycles. The zero-order valence-corrected chi connectivity index (χ0v) is 53.4. The molecule has 2 atom stereocenters. The standard InChI is InChI=1S/C73H139NO5/c1-3-5-7-9-11-13-15-16-17-39-42-46-49-53-57-61-65-71(76)70(69-75)74-72(77)66-62-58-54-50-47-43-40-37-35-33-31-29-27-25-23-21-19-18-20-22-24-26-28-30-32-34-36-38-41-44-48-52-56-60-64-68-79-73(78)67-63-59-55-51-45-14-12-10-8-6-4-2/h20,22,26,28,61,65,70-71,75-76H,3-19,21,23-25,27,29-60,62-64,66-69H2,1-2H3,(H,74,77)/b22-20-,28-26-,65-61+. The molecule has 6 heteroatoms. The Balaban J connectivity index is 3.39. The number of esters is 1. The maximum Gasteiger partial charge on any atom is 0.305 e. The Kier molecular flexibility index (Phi) is 66.9. The van der Waals surface area contributed by atoms with Crippen LogP contribution in [0, 0.1) is 0 Å². The number of carbonyl (C=O) groups is 2. The molecule has 0 aromatic rings. The minimum Gasteiger partial charge on any atom is -0.466 e. The van der Waals surface area contributed by atoms with Crippen LogP contribution in [0.4, 0.5) is 0 Å². The van der Waals surface area contributed by atoms with Crippen LogP contribution in [0.2, 0.25) is 0 Å². The molecule has 3 N–H and O–H groups in total. The molecule has 2 unspecified atom stereocenters. The Morgan fingerprint density at radius 1 is 0.354 bits per heavy atom. The van der Waals surface area contributed by atoms with Gasteiger partial charge in [0.1, 0.15) is 0 Å². The lowest BCUT2D eigenvalue weighted by Crippen LogP contribution is -2.45. The SMILES string of the molecule is CCCCCCCCCCCCCCCC/C=C/C(O)C(CO)NC(=O)CCCCCCCCCCCCCCCCCCC/C=C\C/C=C\CCCCCCCCCCCCCOC(=O)CCCCCCCCCCCCC. The van der Waals surface area contributed by atoms with E-state index in [2.05, 4.69) is 43.5 Å². The number of ether oxygens (including phenoxy) is 1. The summed E-state index contributed by atoms with van der Waals surface area (Å²) < 4.78 is 5.47. The highest BCUT2D eigenvalue weighted by Gasteiger charge is 2.18. The van der Waals surface area contributed by atoms with Gasteiger partial charge >= 0.3 is 5.97 Å². The number of carbonyl (C=O) groups excluding carboxylic acids is 2. The Labute approximate surface area is 494 Å². The Morgan fingerprint density at radius 3 is 0.962 bits per heavy atom. The molecule has 0 saturated carbocycles. The first-order valence-electron chi connectivity index (χ1n) is 35.8. The summed E-state index contributed by atoms with van der Waals surface area (Å²) in [4.78, 5) is 24.5. The number of aliphatic hydroxyl groups is 2. The number of hydrogen-bond acceptors (Lipinski definition) is 5. The van der Waals surface area contributed by atoms with Crippen molar-refractivity contribution in [2.24, 2.45) is 0 Å². The summed E-state index contributed by atoms with van der Waals surface area (Å²) in [5.74, 6) is -0.0465. The Bertz CT molecular complexity index is 1280. The molecule has 0 rings (SSSR count). The summed E-state index contributed by atoms with van der Waals surface area (Å²) in [5, 5.41) is 23.2. The van der Waals surface area contributed by atoms with Gasteiger partial charge in [-0.15, -0.1) is 0 Å². The summed E-state index contributed by atoms with van der Waals surface area (Å²) >= 11 is 0. The van der Waals surface area contributed by atoms with Crippen molar-refractivity contribution in [3.05, 3.63) is 36.5 Å². The normalized spacial score (nSPS) is 12.7. The van der Waals surface area contributed by atoms with Crippen LogP contribution in [0.1, 0.15) is 393 Å². The Morgan fingerprint density at radius 2 is 0.633 bits per heavy atom. The topological polar surface area (TPSA) is 95.9 Å². The zero-order chi connectivity index (χ0) is 57.1. The quantitative estimate of drug-likeness (QED) is 0.0320. The monoisotopic (exact) mass is 1110 g/mol. The molecule has 6 nitrogen and oxygen atoms in total. The summed E-state index contributed by atoms with van der Waals surface area (Å²) in [5.41, 5.74) is 0. The summed E-state index contributed by atoms with van der Waals surface area (Å²) in [6.07, 6.45) is 88.1. The van der Waals surface area contributed by atoms with Crippen LogP contribution in [-0.4, -0.2) is 47.4 Å². The van der Waals surface area contributed by atoms with Gasteiger partial charge in [-0.3, -0.25) is 9.59 Å². The zero-order valence-electron chi connectivity index (χ0n) is 53.4. The molecular formula is C73H139NO5. The van der Waals surface area contributed by atoms with Crippen LogP contribution in [0.3, 0.4) is 0 Å². The van der Waals surface area contributed by atoms with Gasteiger partial charge in [0.2, 0.25) is 5.91 Å². The minimum absolute atomic E-state index is 0.0165. The molecule has 1 amide bonds. The van der Waals surface area contributed by atoms with Gasteiger partial charge in [-0.25, -0.2) is 0 Å². The van der Waals surface area contributed by atoms with E-state index < -0.39 is 12.1 Å². The molecule has 0 aromatic heterocycles. The van der Waals surface area contributed by atoms with E-state index in [0.29, 0.717) is 19.4 Å². The molecule has 0 saturated heterocycles. The number of amides is 1. The second-order valence-corrected chi connectivity index (χ2v) is 24.6. The third-order valence-electron chi connectivity index (χ3n) is 16.7. The number of allylic oxidation sites excluding steroid dienone is 5. The fraction of sp³-hybridized carbons (Fsp3) is 0.890. The van der Waals surface area contributed by atoms with E-state index in [1.54, 1.807) is 6.08 Å². The van der Waals surface area contributed by atoms with Crippen LogP contribution in [0.25, 0.3) is 0 Å². The van der Waals surface area contributed by atoms with Gasteiger partial charge in [0.05, 0.1) is 25.4 Å². The van der Waals surface area contributed by atoms with E-state index >= 15 is 0 Å². The number of unbranched alkanes of at least 4 members (excludes halogenated alkanes) is 52. The molecule has 0 radical (unpaired) electrons. The molecule has 0 aliphatic carbocycles. The molecule has 0 fully saturated rings.